The number of rotatable bonds is 3. The van der Waals surface area contributed by atoms with E-state index in [1.807, 2.05) is 12.1 Å². The fourth-order valence-electron chi connectivity index (χ4n) is 3.07. The zero-order valence-electron chi connectivity index (χ0n) is 13.6. The van der Waals surface area contributed by atoms with Crippen molar-refractivity contribution < 1.29 is 4.79 Å². The Kier molecular flexibility index (Phi) is 5.00. The quantitative estimate of drug-likeness (QED) is 0.928. The van der Waals surface area contributed by atoms with Gasteiger partial charge in [0.25, 0.3) is 5.91 Å². The molecule has 1 N–H and O–H groups in total. The number of aromatic nitrogens is 2. The van der Waals surface area contributed by atoms with Crippen LogP contribution in [0.2, 0.25) is 5.02 Å². The van der Waals surface area contributed by atoms with Crippen LogP contribution in [-0.2, 0) is 0 Å². The van der Waals surface area contributed by atoms with Gasteiger partial charge in [-0.1, -0.05) is 43.0 Å². The Morgan fingerprint density at radius 3 is 2.67 bits per heavy atom. The molecule has 1 aliphatic rings. The van der Waals surface area contributed by atoms with Crippen LogP contribution in [0.15, 0.2) is 35.1 Å². The van der Waals surface area contributed by atoms with E-state index >= 15 is 0 Å². The van der Waals surface area contributed by atoms with Crippen molar-refractivity contribution in [3.05, 3.63) is 57.0 Å². The van der Waals surface area contributed by atoms with Gasteiger partial charge in [0, 0.05) is 17.8 Å². The Bertz CT molecular complexity index is 810. The molecule has 5 nitrogen and oxygen atoms in total. The van der Waals surface area contributed by atoms with Gasteiger partial charge in [-0.2, -0.15) is 5.10 Å². The summed E-state index contributed by atoms with van der Waals surface area (Å²) in [4.78, 5) is 24.7. The second-order valence-electron chi connectivity index (χ2n) is 6.17. The molecule has 1 saturated carbocycles. The van der Waals surface area contributed by atoms with Gasteiger partial charge >= 0.3 is 0 Å². The summed E-state index contributed by atoms with van der Waals surface area (Å²) in [5.41, 5.74) is 0.806. The van der Waals surface area contributed by atoms with E-state index in [1.165, 1.54) is 12.5 Å². The molecule has 0 spiro atoms. The molecule has 1 fully saturated rings. The number of nitrogens with one attached hydrogen (secondary N) is 1. The SMILES string of the molecule is Cc1cc(=O)c(C(=O)NC2CCCCC2)nn1-c1ccccc1Cl. The van der Waals surface area contributed by atoms with Crippen molar-refractivity contribution in [2.75, 3.05) is 0 Å². The van der Waals surface area contributed by atoms with Crippen molar-refractivity contribution in [3.63, 3.8) is 0 Å². The molecule has 0 saturated heterocycles. The number of benzene rings is 1. The van der Waals surface area contributed by atoms with E-state index in [2.05, 4.69) is 10.4 Å². The maximum Gasteiger partial charge on any atom is 0.276 e. The van der Waals surface area contributed by atoms with E-state index in [9.17, 15) is 9.59 Å². The van der Waals surface area contributed by atoms with E-state index in [4.69, 9.17) is 11.6 Å². The highest BCUT2D eigenvalue weighted by atomic mass is 35.5. The molecule has 3 rings (SSSR count). The fraction of sp³-hybridized carbons (Fsp3) is 0.389. The van der Waals surface area contributed by atoms with E-state index in [0.717, 1.165) is 25.7 Å². The predicted molar refractivity (Wildman–Crippen MR) is 93.9 cm³/mol. The van der Waals surface area contributed by atoms with Crippen LogP contribution in [0.4, 0.5) is 0 Å². The average molecular weight is 346 g/mol. The Morgan fingerprint density at radius 2 is 1.96 bits per heavy atom. The Morgan fingerprint density at radius 1 is 1.25 bits per heavy atom. The molecule has 0 unspecified atom stereocenters. The van der Waals surface area contributed by atoms with Crippen LogP contribution in [0.3, 0.4) is 0 Å². The number of hydrogen-bond donors (Lipinski definition) is 1. The van der Waals surface area contributed by atoms with Gasteiger partial charge in [-0.15, -0.1) is 0 Å². The summed E-state index contributed by atoms with van der Waals surface area (Å²) < 4.78 is 1.54. The number of amides is 1. The molecule has 1 amide bonds. The lowest BCUT2D eigenvalue weighted by Crippen LogP contribution is -2.39. The van der Waals surface area contributed by atoms with Crippen LogP contribution in [0.25, 0.3) is 5.69 Å². The van der Waals surface area contributed by atoms with Gasteiger partial charge in [0.1, 0.15) is 0 Å². The Labute approximate surface area is 145 Å². The average Bonchev–Trinajstić information content (AvgIpc) is 2.57. The highest BCUT2D eigenvalue weighted by Gasteiger charge is 2.21. The molecule has 0 radical (unpaired) electrons. The summed E-state index contributed by atoms with van der Waals surface area (Å²) in [5, 5.41) is 7.73. The maximum absolute atomic E-state index is 12.5. The Balaban J connectivity index is 1.94. The van der Waals surface area contributed by atoms with Crippen molar-refractivity contribution in [3.8, 4) is 5.69 Å². The minimum absolute atomic E-state index is 0.0916. The lowest BCUT2D eigenvalue weighted by Gasteiger charge is -2.22. The van der Waals surface area contributed by atoms with Crippen LogP contribution in [0.1, 0.15) is 48.3 Å². The van der Waals surface area contributed by atoms with Crippen molar-refractivity contribution in [2.24, 2.45) is 0 Å². The minimum atomic E-state index is -0.410. The van der Waals surface area contributed by atoms with E-state index in [1.54, 1.807) is 23.7 Å². The van der Waals surface area contributed by atoms with Gasteiger partial charge in [-0.25, -0.2) is 4.68 Å². The summed E-state index contributed by atoms with van der Waals surface area (Å²) in [7, 11) is 0. The molecule has 6 heteroatoms. The molecule has 126 valence electrons. The molecule has 0 atom stereocenters. The van der Waals surface area contributed by atoms with Crippen molar-refractivity contribution in [1.29, 1.82) is 0 Å². The molecule has 1 aromatic heterocycles. The van der Waals surface area contributed by atoms with E-state index < -0.39 is 5.91 Å². The molecular formula is C18H20ClN3O2. The topological polar surface area (TPSA) is 64.0 Å². The molecule has 1 aromatic carbocycles. The lowest BCUT2D eigenvalue weighted by atomic mass is 9.95. The number of carbonyl (C=O) groups is 1. The maximum atomic E-state index is 12.5. The van der Waals surface area contributed by atoms with Crippen molar-refractivity contribution in [2.45, 2.75) is 45.1 Å². The third-order valence-electron chi connectivity index (χ3n) is 4.34. The standard InChI is InChI=1S/C18H20ClN3O2/c1-12-11-16(23)17(18(24)20-13-7-3-2-4-8-13)21-22(12)15-10-6-5-9-14(15)19/h5-6,9-11,13H,2-4,7-8H2,1H3,(H,20,24). The molecular weight excluding hydrogens is 326 g/mol. The molecule has 24 heavy (non-hydrogen) atoms. The Hall–Kier alpha value is -2.14. The summed E-state index contributed by atoms with van der Waals surface area (Å²) in [5.74, 6) is -0.410. The second-order valence-corrected chi connectivity index (χ2v) is 6.58. The monoisotopic (exact) mass is 345 g/mol. The van der Waals surface area contributed by atoms with Crippen LogP contribution in [0, 0.1) is 6.92 Å². The highest BCUT2D eigenvalue weighted by Crippen LogP contribution is 2.20. The van der Waals surface area contributed by atoms with Gasteiger partial charge in [0.15, 0.2) is 5.69 Å². The van der Waals surface area contributed by atoms with Gasteiger partial charge in [-0.3, -0.25) is 9.59 Å². The summed E-state index contributed by atoms with van der Waals surface area (Å²) >= 11 is 6.22. The number of nitrogens with zero attached hydrogens (tertiary/aromatic N) is 2. The highest BCUT2D eigenvalue weighted by molar-refractivity contribution is 6.32. The van der Waals surface area contributed by atoms with Crippen LogP contribution >= 0.6 is 11.6 Å². The second kappa shape index (κ2) is 7.18. The van der Waals surface area contributed by atoms with Gasteiger partial charge in [0.05, 0.1) is 10.7 Å². The van der Waals surface area contributed by atoms with Crippen molar-refractivity contribution in [1.82, 2.24) is 15.1 Å². The van der Waals surface area contributed by atoms with Crippen LogP contribution in [-0.4, -0.2) is 21.7 Å². The summed E-state index contributed by atoms with van der Waals surface area (Å²) in [6.45, 7) is 1.76. The van der Waals surface area contributed by atoms with Gasteiger partial charge < -0.3 is 5.32 Å². The summed E-state index contributed by atoms with van der Waals surface area (Å²) in [6.07, 6.45) is 5.33. The van der Waals surface area contributed by atoms with Crippen molar-refractivity contribution >= 4 is 17.5 Å². The van der Waals surface area contributed by atoms with Gasteiger partial charge in [0.2, 0.25) is 5.43 Å². The van der Waals surface area contributed by atoms with E-state index in [0.29, 0.717) is 16.4 Å². The molecule has 2 aromatic rings. The predicted octanol–water partition coefficient (Wildman–Crippen LogP) is 3.26. The molecule has 1 aliphatic carbocycles. The van der Waals surface area contributed by atoms with E-state index in [-0.39, 0.29) is 17.2 Å². The first-order chi connectivity index (χ1) is 11.6. The van der Waals surface area contributed by atoms with Crippen LogP contribution in [0.5, 0.6) is 0 Å². The number of hydrogen-bond acceptors (Lipinski definition) is 3. The van der Waals surface area contributed by atoms with Crippen LogP contribution < -0.4 is 10.7 Å². The molecule has 0 aliphatic heterocycles. The molecule has 0 bridgehead atoms. The first kappa shape index (κ1) is 16.7. The third-order valence-corrected chi connectivity index (χ3v) is 4.66. The number of para-hydroxylation sites is 1. The lowest BCUT2D eigenvalue weighted by molar-refractivity contribution is 0.0919. The zero-order valence-corrected chi connectivity index (χ0v) is 14.3. The fourth-order valence-corrected chi connectivity index (χ4v) is 3.29. The normalized spacial score (nSPS) is 15.2. The first-order valence-corrected chi connectivity index (χ1v) is 8.61. The number of aryl methyl sites for hydroxylation is 1. The first-order valence-electron chi connectivity index (χ1n) is 8.23. The summed E-state index contributed by atoms with van der Waals surface area (Å²) in [6, 6.07) is 8.75. The van der Waals surface area contributed by atoms with Gasteiger partial charge in [-0.05, 0) is 31.9 Å². The number of carbonyl (C=O) groups excluding carboxylic acids is 1. The number of halogens is 1. The minimum Gasteiger partial charge on any atom is -0.348 e. The largest absolute Gasteiger partial charge is 0.348 e. The molecule has 1 heterocycles. The smallest absolute Gasteiger partial charge is 0.276 e. The third kappa shape index (κ3) is 3.51. The zero-order chi connectivity index (χ0) is 17.1.